The number of benzene rings is 2. The van der Waals surface area contributed by atoms with E-state index in [9.17, 15) is 14.9 Å². The molecule has 0 unspecified atom stereocenters. The normalized spacial score (nSPS) is 11.8. The van der Waals surface area contributed by atoms with E-state index >= 15 is 0 Å². The van der Waals surface area contributed by atoms with Gasteiger partial charge >= 0.3 is 0 Å². The fourth-order valence-electron chi connectivity index (χ4n) is 3.04. The first-order chi connectivity index (χ1) is 15.9. The maximum atomic E-state index is 12.0. The third-order valence-corrected chi connectivity index (χ3v) is 5.10. The van der Waals surface area contributed by atoms with E-state index in [1.807, 2.05) is 24.3 Å². The van der Waals surface area contributed by atoms with Gasteiger partial charge in [-0.05, 0) is 48.2 Å². The highest BCUT2D eigenvalue weighted by molar-refractivity contribution is 5.82. The molecule has 33 heavy (non-hydrogen) atoms. The molecule has 9 nitrogen and oxygen atoms in total. The summed E-state index contributed by atoms with van der Waals surface area (Å²) < 4.78 is 16.4. The molecule has 0 fully saturated rings. The first kappa shape index (κ1) is 23.5. The van der Waals surface area contributed by atoms with Crippen LogP contribution in [0.4, 0.5) is 5.69 Å². The first-order valence-corrected chi connectivity index (χ1v) is 10.4. The Balaban J connectivity index is 1.54. The predicted molar refractivity (Wildman–Crippen MR) is 124 cm³/mol. The summed E-state index contributed by atoms with van der Waals surface area (Å²) >= 11 is 0. The molecule has 1 atom stereocenters. The van der Waals surface area contributed by atoms with Gasteiger partial charge in [-0.3, -0.25) is 14.9 Å². The zero-order valence-corrected chi connectivity index (χ0v) is 18.6. The molecule has 0 saturated heterocycles. The van der Waals surface area contributed by atoms with Gasteiger partial charge in [-0.2, -0.15) is 5.10 Å². The van der Waals surface area contributed by atoms with Gasteiger partial charge < -0.3 is 13.9 Å². The van der Waals surface area contributed by atoms with E-state index in [-0.39, 0.29) is 12.3 Å². The molecule has 1 heterocycles. The smallest absolute Gasteiger partial charge is 0.277 e. The fraction of sp³-hybridized carbons (Fsp3) is 0.250. The van der Waals surface area contributed by atoms with Crippen molar-refractivity contribution < 1.29 is 23.6 Å². The van der Waals surface area contributed by atoms with Crippen molar-refractivity contribution in [1.82, 2.24) is 5.43 Å². The second kappa shape index (κ2) is 10.9. The molecule has 0 aliphatic carbocycles. The Bertz CT molecular complexity index is 1140. The van der Waals surface area contributed by atoms with E-state index in [0.29, 0.717) is 34.5 Å². The Morgan fingerprint density at radius 2 is 1.97 bits per heavy atom. The summed E-state index contributed by atoms with van der Waals surface area (Å²) in [5.74, 6) is 1.80. The molecule has 9 heteroatoms. The highest BCUT2D eigenvalue weighted by Crippen LogP contribution is 2.34. The topological polar surface area (TPSA) is 116 Å². The Morgan fingerprint density at radius 1 is 1.21 bits per heavy atom. The van der Waals surface area contributed by atoms with Crippen molar-refractivity contribution in [3.05, 3.63) is 76.0 Å². The molecular weight excluding hydrogens is 426 g/mol. The van der Waals surface area contributed by atoms with Crippen LogP contribution in [0.15, 0.2) is 64.1 Å². The number of carbonyl (C=O) groups excluding carboxylic acids is 1. The highest BCUT2D eigenvalue weighted by atomic mass is 16.6. The quantitative estimate of drug-likeness (QED) is 0.266. The number of furan rings is 1. The Morgan fingerprint density at radius 3 is 2.64 bits per heavy atom. The number of methoxy groups -OCH3 is 1. The summed E-state index contributed by atoms with van der Waals surface area (Å²) in [4.78, 5) is 22.4. The molecule has 0 bridgehead atoms. The monoisotopic (exact) mass is 451 g/mol. The Hall–Kier alpha value is -4.14. The number of nitro groups is 1. The third-order valence-electron chi connectivity index (χ3n) is 5.10. The lowest BCUT2D eigenvalue weighted by atomic mass is 9.99. The molecule has 0 aliphatic rings. The molecule has 0 saturated carbocycles. The van der Waals surface area contributed by atoms with Gasteiger partial charge in [0.15, 0.2) is 6.61 Å². The molecule has 0 aliphatic heterocycles. The van der Waals surface area contributed by atoms with Gasteiger partial charge in [-0.25, -0.2) is 5.43 Å². The lowest BCUT2D eigenvalue weighted by molar-refractivity contribution is -0.384. The van der Waals surface area contributed by atoms with E-state index in [1.165, 1.54) is 31.0 Å². The number of ether oxygens (including phenoxy) is 2. The van der Waals surface area contributed by atoms with Crippen LogP contribution in [0.1, 0.15) is 37.5 Å². The average Bonchev–Trinajstić information content (AvgIpc) is 3.30. The van der Waals surface area contributed by atoms with Crippen LogP contribution in [-0.4, -0.2) is 30.8 Å². The van der Waals surface area contributed by atoms with E-state index in [1.54, 1.807) is 18.2 Å². The lowest BCUT2D eigenvalue weighted by Crippen LogP contribution is -2.24. The molecule has 1 amide bonds. The van der Waals surface area contributed by atoms with Crippen LogP contribution < -0.4 is 14.9 Å². The van der Waals surface area contributed by atoms with Gasteiger partial charge in [0, 0.05) is 6.07 Å². The highest BCUT2D eigenvalue weighted by Gasteiger charge is 2.15. The SMILES string of the molecule is CC[C@@H](C)c1ccc(OCC(=O)N/N=C/c2ccc(-c3ccc([N+](=O)[O-])cc3OC)o2)cc1. The van der Waals surface area contributed by atoms with Gasteiger partial charge in [0.1, 0.15) is 23.0 Å². The molecule has 0 radical (unpaired) electrons. The molecule has 0 spiro atoms. The first-order valence-electron chi connectivity index (χ1n) is 10.4. The number of nitrogens with one attached hydrogen (secondary N) is 1. The van der Waals surface area contributed by atoms with E-state index in [4.69, 9.17) is 13.9 Å². The zero-order valence-electron chi connectivity index (χ0n) is 18.6. The van der Waals surface area contributed by atoms with Gasteiger partial charge in [0.05, 0.1) is 29.9 Å². The minimum atomic E-state index is -0.499. The summed E-state index contributed by atoms with van der Waals surface area (Å²) in [6.45, 7) is 4.12. The number of hydrogen-bond donors (Lipinski definition) is 1. The molecule has 1 N–H and O–H groups in total. The number of hydrogen-bond acceptors (Lipinski definition) is 7. The number of carbonyl (C=O) groups is 1. The maximum Gasteiger partial charge on any atom is 0.277 e. The lowest BCUT2D eigenvalue weighted by Gasteiger charge is -2.10. The largest absolute Gasteiger partial charge is 0.496 e. The minimum absolute atomic E-state index is 0.0830. The van der Waals surface area contributed by atoms with Crippen LogP contribution in [0.25, 0.3) is 11.3 Å². The summed E-state index contributed by atoms with van der Waals surface area (Å²) in [5.41, 5.74) is 4.07. The van der Waals surface area contributed by atoms with Crippen molar-refractivity contribution in [2.75, 3.05) is 13.7 Å². The Kier molecular flexibility index (Phi) is 7.80. The average molecular weight is 451 g/mol. The fourth-order valence-corrected chi connectivity index (χ4v) is 3.04. The van der Waals surface area contributed by atoms with Crippen molar-refractivity contribution >= 4 is 17.8 Å². The standard InChI is InChI=1S/C24H25N3O6/c1-4-16(2)17-5-8-19(9-6-17)32-15-24(28)26-25-14-20-10-12-22(33-20)21-11-7-18(27(29)30)13-23(21)31-3/h5-14,16H,4,15H2,1-3H3,(H,26,28)/b25-14+/t16-/m1/s1. The van der Waals surface area contributed by atoms with Gasteiger partial charge in [-0.15, -0.1) is 0 Å². The van der Waals surface area contributed by atoms with Crippen LogP contribution in [-0.2, 0) is 4.79 Å². The van der Waals surface area contributed by atoms with Crippen molar-refractivity contribution in [2.45, 2.75) is 26.2 Å². The van der Waals surface area contributed by atoms with Crippen LogP contribution >= 0.6 is 0 Å². The van der Waals surface area contributed by atoms with Crippen LogP contribution in [0.3, 0.4) is 0 Å². The van der Waals surface area contributed by atoms with Crippen LogP contribution in [0.5, 0.6) is 11.5 Å². The van der Waals surface area contributed by atoms with Crippen molar-refractivity contribution in [3.63, 3.8) is 0 Å². The van der Waals surface area contributed by atoms with E-state index in [2.05, 4.69) is 24.4 Å². The minimum Gasteiger partial charge on any atom is -0.496 e. The number of rotatable bonds is 10. The number of nitrogens with zero attached hydrogens (tertiary/aromatic N) is 2. The number of hydrazone groups is 1. The second-order valence-electron chi connectivity index (χ2n) is 7.30. The van der Waals surface area contributed by atoms with Crippen molar-refractivity contribution in [2.24, 2.45) is 5.10 Å². The maximum absolute atomic E-state index is 12.0. The summed E-state index contributed by atoms with van der Waals surface area (Å²) in [6.07, 6.45) is 2.40. The molecule has 3 aromatic rings. The van der Waals surface area contributed by atoms with Gasteiger partial charge in [-0.1, -0.05) is 26.0 Å². The van der Waals surface area contributed by atoms with E-state index < -0.39 is 10.8 Å². The molecule has 1 aromatic heterocycles. The number of amides is 1. The predicted octanol–water partition coefficient (Wildman–Crippen LogP) is 4.91. The van der Waals surface area contributed by atoms with Crippen molar-refractivity contribution in [1.29, 1.82) is 0 Å². The van der Waals surface area contributed by atoms with Crippen LogP contribution in [0, 0.1) is 10.1 Å². The molecule has 3 rings (SSSR count). The molecular formula is C24H25N3O6. The van der Waals surface area contributed by atoms with Crippen molar-refractivity contribution in [3.8, 4) is 22.8 Å². The second-order valence-corrected chi connectivity index (χ2v) is 7.30. The summed E-state index contributed by atoms with van der Waals surface area (Å²) in [6, 6.07) is 15.2. The van der Waals surface area contributed by atoms with Gasteiger partial charge in [0.25, 0.3) is 11.6 Å². The Labute approximate surface area is 191 Å². The molecule has 172 valence electrons. The van der Waals surface area contributed by atoms with Crippen LogP contribution in [0.2, 0.25) is 0 Å². The number of non-ortho nitro benzene ring substituents is 1. The van der Waals surface area contributed by atoms with E-state index in [0.717, 1.165) is 6.42 Å². The summed E-state index contributed by atoms with van der Waals surface area (Å²) in [7, 11) is 1.42. The zero-order chi connectivity index (χ0) is 23.8. The summed E-state index contributed by atoms with van der Waals surface area (Å²) in [5, 5.41) is 14.8. The van der Waals surface area contributed by atoms with Gasteiger partial charge in [0.2, 0.25) is 0 Å². The third kappa shape index (κ3) is 6.19. The number of nitro benzene ring substituents is 1. The molecule has 2 aromatic carbocycles.